The van der Waals surface area contributed by atoms with Gasteiger partial charge < -0.3 is 15.3 Å². The first kappa shape index (κ1) is 22.5. The summed E-state index contributed by atoms with van der Waals surface area (Å²) in [4.78, 5) is 24.7. The quantitative estimate of drug-likeness (QED) is 0.509. The van der Waals surface area contributed by atoms with Crippen LogP contribution < -0.4 is 15.8 Å². The summed E-state index contributed by atoms with van der Waals surface area (Å²) in [6, 6.07) is 12.2. The molecule has 1 aromatic carbocycles. The third kappa shape index (κ3) is 4.54. The van der Waals surface area contributed by atoms with Gasteiger partial charge in [0.2, 0.25) is 5.95 Å². The van der Waals surface area contributed by atoms with Crippen molar-refractivity contribution < 1.29 is 5.11 Å². The number of benzene rings is 1. The number of nitrogens with zero attached hydrogens (tertiary/aromatic N) is 4. The molecule has 35 heavy (non-hydrogen) atoms. The number of anilines is 3. The highest BCUT2D eigenvalue weighted by atomic mass is 16.2. The first-order valence-electron chi connectivity index (χ1n) is 13.3. The van der Waals surface area contributed by atoms with Crippen molar-refractivity contribution >= 4 is 28.4 Å². The molecule has 3 aromatic rings. The number of hydrogen-bond donors (Lipinski definition) is 2. The van der Waals surface area contributed by atoms with Crippen molar-refractivity contribution in [3.8, 4) is 0 Å². The van der Waals surface area contributed by atoms with Crippen molar-refractivity contribution in [1.82, 2.24) is 14.5 Å². The van der Waals surface area contributed by atoms with Gasteiger partial charge >= 0.3 is 0 Å². The molecule has 0 spiro atoms. The maximum atomic E-state index is 12.9. The Hall–Kier alpha value is -2.93. The van der Waals surface area contributed by atoms with E-state index in [1.165, 1.54) is 37.8 Å². The van der Waals surface area contributed by atoms with Crippen LogP contribution in [0.4, 0.5) is 17.3 Å². The van der Waals surface area contributed by atoms with E-state index < -0.39 is 0 Å². The molecule has 0 radical (unpaired) electrons. The first-order chi connectivity index (χ1) is 17.2. The molecule has 6 rings (SSSR count). The number of aliphatic hydroxyl groups is 1. The molecule has 1 saturated heterocycles. The van der Waals surface area contributed by atoms with Gasteiger partial charge in [0.1, 0.15) is 5.65 Å². The Balaban J connectivity index is 1.17. The normalized spacial score (nSPS) is 24.4. The van der Waals surface area contributed by atoms with Crippen LogP contribution in [0.5, 0.6) is 0 Å². The fourth-order valence-electron chi connectivity index (χ4n) is 6.69. The molecule has 2 N–H and O–H groups in total. The number of fused-ring (bicyclic) bond motifs is 3. The van der Waals surface area contributed by atoms with Crippen molar-refractivity contribution in [2.75, 3.05) is 29.9 Å². The number of aromatic nitrogens is 3. The molecule has 3 unspecified atom stereocenters. The van der Waals surface area contributed by atoms with Crippen LogP contribution in [0.2, 0.25) is 0 Å². The summed E-state index contributed by atoms with van der Waals surface area (Å²) in [6.45, 7) is 2.43. The third-order valence-electron chi connectivity index (χ3n) is 8.57. The summed E-state index contributed by atoms with van der Waals surface area (Å²) in [6.07, 6.45) is 11.1. The van der Waals surface area contributed by atoms with E-state index in [-0.39, 0.29) is 11.6 Å². The zero-order valence-electron chi connectivity index (χ0n) is 20.3. The number of piperidine rings is 1. The standard InChI is InChI=1S/C28H35N5O2/c34-15-1-2-19-11-13-32(14-12-19)24-8-6-23(7-9-24)30-28-29-18-22-5-10-26(35)33(27(22)31-28)25-17-20-3-4-21(25)16-20/h5-10,18-21,25,34H,1-4,11-17H2,(H,29,30,31). The lowest BCUT2D eigenvalue weighted by atomic mass is 9.92. The van der Waals surface area contributed by atoms with Crippen molar-refractivity contribution in [2.24, 2.45) is 17.8 Å². The van der Waals surface area contributed by atoms with Crippen molar-refractivity contribution in [3.63, 3.8) is 0 Å². The van der Waals surface area contributed by atoms with Crippen LogP contribution in [0.1, 0.15) is 57.4 Å². The predicted octanol–water partition coefficient (Wildman–Crippen LogP) is 4.89. The Labute approximate surface area is 206 Å². The summed E-state index contributed by atoms with van der Waals surface area (Å²) in [7, 11) is 0. The van der Waals surface area contributed by atoms with E-state index >= 15 is 0 Å². The van der Waals surface area contributed by atoms with Gasteiger partial charge in [-0.15, -0.1) is 0 Å². The van der Waals surface area contributed by atoms with Crippen LogP contribution in [0.3, 0.4) is 0 Å². The van der Waals surface area contributed by atoms with Gasteiger partial charge in [-0.1, -0.05) is 6.42 Å². The summed E-state index contributed by atoms with van der Waals surface area (Å²) >= 11 is 0. The number of rotatable bonds is 7. The second-order valence-electron chi connectivity index (χ2n) is 10.7. The maximum Gasteiger partial charge on any atom is 0.252 e. The van der Waals surface area contributed by atoms with Crippen LogP contribution in [0.25, 0.3) is 11.0 Å². The highest BCUT2D eigenvalue weighted by Gasteiger charge is 2.41. The summed E-state index contributed by atoms with van der Waals surface area (Å²) in [5, 5.41) is 13.3. The summed E-state index contributed by atoms with van der Waals surface area (Å²) in [5.41, 5.74) is 2.97. The molecule has 2 aliphatic carbocycles. The van der Waals surface area contributed by atoms with Gasteiger partial charge in [-0.3, -0.25) is 9.36 Å². The summed E-state index contributed by atoms with van der Waals surface area (Å²) < 4.78 is 1.94. The Morgan fingerprint density at radius 1 is 1.00 bits per heavy atom. The minimum absolute atomic E-state index is 0.0455. The molecule has 184 valence electrons. The molecule has 7 nitrogen and oxygen atoms in total. The second kappa shape index (κ2) is 9.61. The molecule has 3 aliphatic rings. The molecule has 2 bridgehead atoms. The van der Waals surface area contributed by atoms with Gasteiger partial charge in [-0.25, -0.2) is 4.98 Å². The lowest BCUT2D eigenvalue weighted by Gasteiger charge is -2.33. The lowest BCUT2D eigenvalue weighted by Crippen LogP contribution is -2.33. The van der Waals surface area contributed by atoms with Gasteiger partial charge in [-0.2, -0.15) is 4.98 Å². The van der Waals surface area contributed by atoms with E-state index in [1.807, 2.05) is 16.8 Å². The average Bonchev–Trinajstić information content (AvgIpc) is 3.52. The number of pyridine rings is 1. The Morgan fingerprint density at radius 3 is 2.54 bits per heavy atom. The van der Waals surface area contributed by atoms with E-state index in [0.29, 0.717) is 18.5 Å². The monoisotopic (exact) mass is 473 g/mol. The number of nitrogens with one attached hydrogen (secondary N) is 1. The van der Waals surface area contributed by atoms with Gasteiger partial charge in [0.05, 0.1) is 0 Å². The van der Waals surface area contributed by atoms with Gasteiger partial charge in [0.25, 0.3) is 5.56 Å². The number of aliphatic hydroxyl groups excluding tert-OH is 1. The SMILES string of the molecule is O=c1ccc2cnc(Nc3ccc(N4CCC(CCCO)CC4)cc3)nc2n1C1CC2CCC1C2. The van der Waals surface area contributed by atoms with Crippen LogP contribution >= 0.6 is 0 Å². The molecule has 7 heteroatoms. The van der Waals surface area contributed by atoms with Gasteiger partial charge in [0, 0.05) is 54.8 Å². The third-order valence-corrected chi connectivity index (χ3v) is 8.57. The van der Waals surface area contributed by atoms with E-state index in [2.05, 4.69) is 39.5 Å². The molecule has 3 atom stereocenters. The van der Waals surface area contributed by atoms with Crippen LogP contribution in [0, 0.1) is 17.8 Å². The van der Waals surface area contributed by atoms with E-state index in [1.54, 1.807) is 6.07 Å². The topological polar surface area (TPSA) is 83.3 Å². The fraction of sp³-hybridized carbons (Fsp3) is 0.536. The largest absolute Gasteiger partial charge is 0.396 e. The van der Waals surface area contributed by atoms with E-state index in [0.717, 1.165) is 60.9 Å². The van der Waals surface area contributed by atoms with Crippen LogP contribution in [0.15, 0.2) is 47.4 Å². The zero-order valence-corrected chi connectivity index (χ0v) is 20.3. The Morgan fingerprint density at radius 2 is 1.83 bits per heavy atom. The minimum Gasteiger partial charge on any atom is -0.396 e. The van der Waals surface area contributed by atoms with Gasteiger partial charge in [-0.05, 0) is 93.0 Å². The molecule has 2 saturated carbocycles. The highest BCUT2D eigenvalue weighted by Crippen LogP contribution is 2.50. The van der Waals surface area contributed by atoms with Crippen LogP contribution in [-0.4, -0.2) is 39.3 Å². The molecule has 2 aromatic heterocycles. The summed E-state index contributed by atoms with van der Waals surface area (Å²) in [5.74, 6) is 2.62. The average molecular weight is 474 g/mol. The van der Waals surface area contributed by atoms with E-state index in [4.69, 9.17) is 10.1 Å². The molecule has 3 fully saturated rings. The van der Waals surface area contributed by atoms with E-state index in [9.17, 15) is 4.79 Å². The molecular formula is C28H35N5O2. The minimum atomic E-state index is 0.0455. The fourth-order valence-corrected chi connectivity index (χ4v) is 6.69. The zero-order chi connectivity index (χ0) is 23.8. The second-order valence-corrected chi connectivity index (χ2v) is 10.7. The number of hydrogen-bond acceptors (Lipinski definition) is 6. The molecule has 3 heterocycles. The maximum absolute atomic E-state index is 12.9. The highest BCUT2D eigenvalue weighted by molar-refractivity contribution is 5.76. The Bertz CT molecular complexity index is 1230. The van der Waals surface area contributed by atoms with Crippen molar-refractivity contribution in [1.29, 1.82) is 0 Å². The lowest BCUT2D eigenvalue weighted by molar-refractivity contribution is 0.261. The molecular weight excluding hydrogens is 438 g/mol. The van der Waals surface area contributed by atoms with Gasteiger partial charge in [0.15, 0.2) is 0 Å². The first-order valence-corrected chi connectivity index (χ1v) is 13.3. The van der Waals surface area contributed by atoms with Crippen molar-refractivity contribution in [3.05, 3.63) is 52.9 Å². The Kier molecular flexibility index (Phi) is 6.19. The smallest absolute Gasteiger partial charge is 0.252 e. The molecule has 0 amide bonds. The predicted molar refractivity (Wildman–Crippen MR) is 139 cm³/mol. The van der Waals surface area contributed by atoms with Crippen molar-refractivity contribution in [2.45, 2.75) is 57.4 Å². The van der Waals surface area contributed by atoms with Crippen LogP contribution in [-0.2, 0) is 0 Å². The molecule has 1 aliphatic heterocycles.